The molecule has 31 heavy (non-hydrogen) atoms. The lowest BCUT2D eigenvalue weighted by molar-refractivity contribution is -0.136. The van der Waals surface area contributed by atoms with Gasteiger partial charge < -0.3 is 19.9 Å². The van der Waals surface area contributed by atoms with Crippen LogP contribution in [0.4, 0.5) is 0 Å². The minimum atomic E-state index is -0.717. The molecule has 1 aliphatic heterocycles. The molecule has 0 amide bonds. The largest absolute Gasteiger partial charge is 0.489 e. The molecule has 0 bridgehead atoms. The van der Waals surface area contributed by atoms with Gasteiger partial charge in [-0.05, 0) is 30.2 Å². The summed E-state index contributed by atoms with van der Waals surface area (Å²) in [6.07, 6.45) is 1.65. The first-order valence-corrected chi connectivity index (χ1v) is 10.4. The minimum Gasteiger partial charge on any atom is -0.489 e. The monoisotopic (exact) mass is 439 g/mol. The summed E-state index contributed by atoms with van der Waals surface area (Å²) in [5.74, 6) is -0.404. The first-order valence-electron chi connectivity index (χ1n) is 9.97. The van der Waals surface area contributed by atoms with Crippen LogP contribution in [0.1, 0.15) is 36.3 Å². The normalized spacial score (nSPS) is 18.4. The third-order valence-electron chi connectivity index (χ3n) is 5.43. The third kappa shape index (κ3) is 4.16. The zero-order chi connectivity index (χ0) is 22.0. The van der Waals surface area contributed by atoms with Crippen molar-refractivity contribution in [3.8, 4) is 5.75 Å². The molecule has 0 radical (unpaired) electrons. The molecule has 0 saturated heterocycles. The Hall–Kier alpha value is -3.25. The fourth-order valence-electron chi connectivity index (χ4n) is 3.97. The molecule has 0 fully saturated rings. The lowest BCUT2D eigenvalue weighted by atomic mass is 9.77. The number of carbonyl (C=O) groups excluding carboxylic acids is 2. The number of methoxy groups -OCH3 is 1. The number of esters is 1. The van der Waals surface area contributed by atoms with Crippen LogP contribution >= 0.6 is 11.6 Å². The van der Waals surface area contributed by atoms with Gasteiger partial charge in [0.2, 0.25) is 5.88 Å². The van der Waals surface area contributed by atoms with Crippen LogP contribution in [0, 0.1) is 0 Å². The van der Waals surface area contributed by atoms with Crippen LogP contribution in [0.5, 0.6) is 5.75 Å². The zero-order valence-corrected chi connectivity index (χ0v) is 17.8. The lowest BCUT2D eigenvalue weighted by Crippen LogP contribution is -2.31. The molecule has 2 aliphatic rings. The van der Waals surface area contributed by atoms with Crippen molar-refractivity contribution >= 4 is 23.4 Å². The van der Waals surface area contributed by atoms with E-state index >= 15 is 0 Å². The maximum Gasteiger partial charge on any atom is 0.340 e. The zero-order valence-electron chi connectivity index (χ0n) is 17.0. The number of nitrogens with two attached hydrogens (primary N) is 1. The highest BCUT2D eigenvalue weighted by molar-refractivity contribution is 6.30. The Balaban J connectivity index is 1.76. The van der Waals surface area contributed by atoms with Gasteiger partial charge in [0.1, 0.15) is 23.7 Å². The van der Waals surface area contributed by atoms with Gasteiger partial charge in [0, 0.05) is 29.0 Å². The van der Waals surface area contributed by atoms with Crippen LogP contribution in [0.15, 0.2) is 71.3 Å². The van der Waals surface area contributed by atoms with E-state index in [0.29, 0.717) is 53.5 Å². The molecule has 2 aromatic rings. The molecule has 0 aromatic heterocycles. The van der Waals surface area contributed by atoms with Crippen molar-refractivity contribution in [3.63, 3.8) is 0 Å². The number of halogens is 1. The van der Waals surface area contributed by atoms with E-state index < -0.39 is 11.9 Å². The molecule has 2 aromatic carbocycles. The van der Waals surface area contributed by atoms with Gasteiger partial charge in [-0.25, -0.2) is 4.79 Å². The number of ketones is 1. The average Bonchev–Trinajstić information content (AvgIpc) is 2.78. The molecule has 7 heteroatoms. The number of para-hydroxylation sites is 1. The fourth-order valence-corrected chi connectivity index (χ4v) is 4.09. The smallest absolute Gasteiger partial charge is 0.340 e. The predicted molar refractivity (Wildman–Crippen MR) is 115 cm³/mol. The number of hydrogen-bond donors (Lipinski definition) is 1. The van der Waals surface area contributed by atoms with Gasteiger partial charge in [0.05, 0.1) is 13.0 Å². The summed E-state index contributed by atoms with van der Waals surface area (Å²) in [7, 11) is 1.27. The molecular weight excluding hydrogens is 418 g/mol. The van der Waals surface area contributed by atoms with Crippen molar-refractivity contribution in [2.24, 2.45) is 5.73 Å². The molecule has 0 saturated carbocycles. The van der Waals surface area contributed by atoms with E-state index in [4.69, 9.17) is 31.5 Å². The molecule has 4 rings (SSSR count). The van der Waals surface area contributed by atoms with E-state index in [-0.39, 0.29) is 17.2 Å². The standard InChI is InChI=1S/C24H22ClNO5/c1-29-24(28)22-20(21-17(27)6-4-8-19(21)31-23(22)26)16-5-2-3-7-18(16)30-13-14-9-11-15(25)12-10-14/h2-3,5,7,9-12,20H,4,6,8,13,26H2,1H3/t20-/m1/s1. The Morgan fingerprint density at radius 3 is 2.65 bits per heavy atom. The molecule has 1 aliphatic carbocycles. The average molecular weight is 440 g/mol. The van der Waals surface area contributed by atoms with Crippen LogP contribution in [-0.4, -0.2) is 18.9 Å². The highest BCUT2D eigenvalue weighted by Gasteiger charge is 2.42. The SMILES string of the molecule is COC(=O)C1=C(N)OC2=C(C(=O)CCC2)[C@H]1c1ccccc1OCc1ccc(Cl)cc1. The van der Waals surface area contributed by atoms with Crippen LogP contribution < -0.4 is 10.5 Å². The van der Waals surface area contributed by atoms with Gasteiger partial charge in [-0.1, -0.05) is 41.9 Å². The van der Waals surface area contributed by atoms with Crippen molar-refractivity contribution in [2.45, 2.75) is 31.8 Å². The molecule has 1 atom stereocenters. The summed E-state index contributed by atoms with van der Waals surface area (Å²) in [4.78, 5) is 25.5. The molecule has 160 valence electrons. The summed E-state index contributed by atoms with van der Waals surface area (Å²) in [6.45, 7) is 0.296. The minimum absolute atomic E-state index is 0.0437. The lowest BCUT2D eigenvalue weighted by Gasteiger charge is -2.32. The van der Waals surface area contributed by atoms with Crippen molar-refractivity contribution in [1.29, 1.82) is 0 Å². The highest BCUT2D eigenvalue weighted by Crippen LogP contribution is 2.46. The summed E-state index contributed by atoms with van der Waals surface area (Å²) in [6, 6.07) is 14.6. The number of allylic oxidation sites excluding steroid dienone is 2. The Morgan fingerprint density at radius 2 is 1.90 bits per heavy atom. The first-order chi connectivity index (χ1) is 15.0. The second-order valence-corrected chi connectivity index (χ2v) is 7.81. The molecule has 1 heterocycles. The number of Topliss-reactive ketones (excluding diaryl/α,β-unsaturated/α-hetero) is 1. The van der Waals surface area contributed by atoms with Gasteiger partial charge in [-0.3, -0.25) is 4.79 Å². The van der Waals surface area contributed by atoms with Crippen molar-refractivity contribution in [1.82, 2.24) is 0 Å². The summed E-state index contributed by atoms with van der Waals surface area (Å²) >= 11 is 5.96. The predicted octanol–water partition coefficient (Wildman–Crippen LogP) is 4.38. The Kier molecular flexibility index (Phi) is 6.00. The van der Waals surface area contributed by atoms with Crippen molar-refractivity contribution in [3.05, 3.63) is 87.5 Å². The number of benzene rings is 2. The summed E-state index contributed by atoms with van der Waals surface area (Å²) in [5, 5.41) is 0.643. The highest BCUT2D eigenvalue weighted by atomic mass is 35.5. The number of rotatable bonds is 5. The van der Waals surface area contributed by atoms with Crippen molar-refractivity contribution in [2.75, 3.05) is 7.11 Å². The molecule has 2 N–H and O–H groups in total. The Labute approximate surface area is 185 Å². The molecule has 0 unspecified atom stereocenters. The van der Waals surface area contributed by atoms with E-state index in [1.54, 1.807) is 18.2 Å². The Morgan fingerprint density at radius 1 is 1.16 bits per heavy atom. The van der Waals surface area contributed by atoms with E-state index in [9.17, 15) is 9.59 Å². The molecular formula is C24H22ClNO5. The van der Waals surface area contributed by atoms with Crippen LogP contribution in [0.3, 0.4) is 0 Å². The van der Waals surface area contributed by atoms with Crippen LogP contribution in [0.2, 0.25) is 5.02 Å². The van der Waals surface area contributed by atoms with E-state index in [0.717, 1.165) is 5.56 Å². The van der Waals surface area contributed by atoms with E-state index in [2.05, 4.69) is 0 Å². The van der Waals surface area contributed by atoms with Gasteiger partial charge >= 0.3 is 5.97 Å². The van der Waals surface area contributed by atoms with Gasteiger partial charge in [0.15, 0.2) is 5.78 Å². The maximum atomic E-state index is 12.9. The quantitative estimate of drug-likeness (QED) is 0.695. The summed E-state index contributed by atoms with van der Waals surface area (Å²) < 4.78 is 16.7. The molecule has 0 spiro atoms. The number of carbonyl (C=O) groups is 2. The maximum absolute atomic E-state index is 12.9. The fraction of sp³-hybridized carbons (Fsp3) is 0.250. The Bertz CT molecular complexity index is 1090. The van der Waals surface area contributed by atoms with Crippen LogP contribution in [0.25, 0.3) is 0 Å². The summed E-state index contributed by atoms with van der Waals surface area (Å²) in [5.41, 5.74) is 8.27. The van der Waals surface area contributed by atoms with Crippen LogP contribution in [-0.2, 0) is 25.7 Å². The second-order valence-electron chi connectivity index (χ2n) is 7.37. The second kappa shape index (κ2) is 8.86. The number of hydrogen-bond acceptors (Lipinski definition) is 6. The van der Waals surface area contributed by atoms with E-state index in [1.807, 2.05) is 30.3 Å². The topological polar surface area (TPSA) is 87.9 Å². The van der Waals surface area contributed by atoms with Gasteiger partial charge in [-0.2, -0.15) is 0 Å². The van der Waals surface area contributed by atoms with E-state index in [1.165, 1.54) is 7.11 Å². The van der Waals surface area contributed by atoms with Gasteiger partial charge in [-0.15, -0.1) is 0 Å². The van der Waals surface area contributed by atoms with Gasteiger partial charge in [0.25, 0.3) is 0 Å². The number of ether oxygens (including phenoxy) is 3. The third-order valence-corrected chi connectivity index (χ3v) is 5.68. The van der Waals surface area contributed by atoms with Crippen molar-refractivity contribution < 1.29 is 23.8 Å². The first kappa shape index (κ1) is 21.0. The molecule has 6 nitrogen and oxygen atoms in total.